The van der Waals surface area contributed by atoms with Crippen LogP contribution in [0.25, 0.3) is 0 Å². The van der Waals surface area contributed by atoms with Crippen molar-refractivity contribution in [1.82, 2.24) is 0 Å². The third-order valence-corrected chi connectivity index (χ3v) is 2.53. The van der Waals surface area contributed by atoms with Crippen LogP contribution in [-0.4, -0.2) is 17.1 Å². The quantitative estimate of drug-likeness (QED) is 0.445. The molecule has 94 valence electrons. The number of carboxylic acid groups (broad SMARTS) is 1. The predicted octanol–water partition coefficient (Wildman–Crippen LogP) is 3.10. The van der Waals surface area contributed by atoms with Crippen LogP contribution in [0.4, 0.5) is 0 Å². The highest BCUT2D eigenvalue weighted by atomic mass is 16.4. The maximum atomic E-state index is 10.4. The summed E-state index contributed by atoms with van der Waals surface area (Å²) >= 11 is 0. The lowest BCUT2D eigenvalue weighted by atomic mass is 10.0. The lowest BCUT2D eigenvalue weighted by Gasteiger charge is -2.07. The van der Waals surface area contributed by atoms with Gasteiger partial charge in [0.15, 0.2) is 0 Å². The van der Waals surface area contributed by atoms with Gasteiger partial charge in [0.1, 0.15) is 0 Å². The Labute approximate surface area is 98.7 Å². The number of aliphatic carboxylic acids is 1. The second-order valence-electron chi connectivity index (χ2n) is 4.23. The van der Waals surface area contributed by atoms with Crippen molar-refractivity contribution in [3.8, 4) is 0 Å². The van der Waals surface area contributed by atoms with E-state index >= 15 is 0 Å². The molecular weight excluding hydrogens is 202 g/mol. The van der Waals surface area contributed by atoms with Gasteiger partial charge in [-0.25, -0.2) is 0 Å². The molecule has 0 heterocycles. The summed E-state index contributed by atoms with van der Waals surface area (Å²) in [5, 5.41) is 8.52. The van der Waals surface area contributed by atoms with Gasteiger partial charge in [-0.3, -0.25) is 4.79 Å². The molecule has 3 N–H and O–H groups in total. The van der Waals surface area contributed by atoms with E-state index in [1.807, 2.05) is 0 Å². The van der Waals surface area contributed by atoms with E-state index in [9.17, 15) is 4.79 Å². The predicted molar refractivity (Wildman–Crippen MR) is 67.4 cm³/mol. The second kappa shape index (κ2) is 10.7. The number of nitrogens with two attached hydrogens (primary N) is 1. The van der Waals surface area contributed by atoms with Crippen LogP contribution in [0.1, 0.15) is 58.3 Å². The molecule has 16 heavy (non-hydrogen) atoms. The summed E-state index contributed by atoms with van der Waals surface area (Å²) in [6.45, 7) is 2.14. The monoisotopic (exact) mass is 227 g/mol. The summed E-state index contributed by atoms with van der Waals surface area (Å²) in [6, 6.07) is -0.169. The zero-order chi connectivity index (χ0) is 12.2. The summed E-state index contributed by atoms with van der Waals surface area (Å²) in [5.74, 6) is -0.794. The van der Waals surface area contributed by atoms with Gasteiger partial charge < -0.3 is 10.8 Å². The average molecular weight is 227 g/mol. The summed E-state index contributed by atoms with van der Waals surface area (Å²) in [4.78, 5) is 10.4. The summed E-state index contributed by atoms with van der Waals surface area (Å²) in [6.07, 6.45) is 12.3. The number of hydrogen-bond acceptors (Lipinski definition) is 2. The van der Waals surface area contributed by atoms with E-state index in [1.54, 1.807) is 0 Å². The van der Waals surface area contributed by atoms with E-state index in [0.29, 0.717) is 0 Å². The standard InChI is InChI=1S/C13H25NO2/c1-2-3-4-5-6-7-8-9-10-12(14)11-13(15)16/h3-4,12H,2,5-11,14H2,1H3,(H,15,16)/b4-3-. The van der Waals surface area contributed by atoms with Crippen LogP contribution in [0, 0.1) is 0 Å². The van der Waals surface area contributed by atoms with Crippen molar-refractivity contribution in [3.05, 3.63) is 12.2 Å². The third-order valence-electron chi connectivity index (χ3n) is 2.53. The SMILES string of the molecule is CC/C=C\CCCCCCC(N)CC(=O)O. The van der Waals surface area contributed by atoms with Crippen molar-refractivity contribution in [2.75, 3.05) is 0 Å². The van der Waals surface area contributed by atoms with E-state index in [-0.39, 0.29) is 12.5 Å². The van der Waals surface area contributed by atoms with Gasteiger partial charge in [-0.05, 0) is 25.7 Å². The molecule has 0 rings (SSSR count). The van der Waals surface area contributed by atoms with E-state index in [1.165, 1.54) is 12.8 Å². The molecule has 0 aromatic heterocycles. The fourth-order valence-corrected chi connectivity index (χ4v) is 1.63. The zero-order valence-electron chi connectivity index (χ0n) is 10.3. The van der Waals surface area contributed by atoms with Gasteiger partial charge in [-0.2, -0.15) is 0 Å². The van der Waals surface area contributed by atoms with Gasteiger partial charge in [-0.15, -0.1) is 0 Å². The molecule has 0 spiro atoms. The molecule has 0 aromatic carbocycles. The number of allylic oxidation sites excluding steroid dienone is 2. The van der Waals surface area contributed by atoms with E-state index in [2.05, 4.69) is 19.1 Å². The van der Waals surface area contributed by atoms with E-state index < -0.39 is 5.97 Å². The average Bonchev–Trinajstić information content (AvgIpc) is 2.21. The molecule has 1 atom stereocenters. The Morgan fingerprint density at radius 2 is 1.94 bits per heavy atom. The Bertz CT molecular complexity index is 202. The number of unbranched alkanes of at least 4 members (excludes halogenated alkanes) is 4. The Morgan fingerprint density at radius 1 is 1.25 bits per heavy atom. The molecule has 3 nitrogen and oxygen atoms in total. The number of rotatable bonds is 10. The first-order valence-corrected chi connectivity index (χ1v) is 6.29. The molecule has 0 saturated carbocycles. The fourth-order valence-electron chi connectivity index (χ4n) is 1.63. The van der Waals surface area contributed by atoms with Crippen molar-refractivity contribution < 1.29 is 9.90 Å². The normalized spacial score (nSPS) is 13.1. The van der Waals surface area contributed by atoms with Crippen LogP contribution in [0.2, 0.25) is 0 Å². The van der Waals surface area contributed by atoms with Crippen molar-refractivity contribution in [1.29, 1.82) is 0 Å². The first-order chi connectivity index (χ1) is 7.66. The Morgan fingerprint density at radius 3 is 2.56 bits per heavy atom. The van der Waals surface area contributed by atoms with Crippen LogP contribution in [0.15, 0.2) is 12.2 Å². The number of carbonyl (C=O) groups is 1. The molecule has 0 radical (unpaired) electrons. The molecule has 0 saturated heterocycles. The zero-order valence-corrected chi connectivity index (χ0v) is 10.3. The van der Waals surface area contributed by atoms with Gasteiger partial charge >= 0.3 is 5.97 Å². The summed E-state index contributed by atoms with van der Waals surface area (Å²) in [5.41, 5.74) is 5.66. The minimum atomic E-state index is -0.794. The molecule has 0 aliphatic carbocycles. The maximum Gasteiger partial charge on any atom is 0.304 e. The molecule has 0 fully saturated rings. The highest BCUT2D eigenvalue weighted by Crippen LogP contribution is 2.08. The fraction of sp³-hybridized carbons (Fsp3) is 0.769. The number of hydrogen-bond donors (Lipinski definition) is 2. The van der Waals surface area contributed by atoms with Gasteiger partial charge in [0.05, 0.1) is 6.42 Å². The molecule has 0 amide bonds. The molecular formula is C13H25NO2. The molecule has 3 heteroatoms. The molecule has 0 bridgehead atoms. The Balaban J connectivity index is 3.20. The van der Waals surface area contributed by atoms with Gasteiger partial charge in [0, 0.05) is 6.04 Å². The molecule has 1 unspecified atom stereocenters. The van der Waals surface area contributed by atoms with Crippen LogP contribution in [0.5, 0.6) is 0 Å². The first kappa shape index (κ1) is 15.2. The third kappa shape index (κ3) is 11.2. The van der Waals surface area contributed by atoms with E-state index in [4.69, 9.17) is 10.8 Å². The van der Waals surface area contributed by atoms with Crippen LogP contribution < -0.4 is 5.73 Å². The van der Waals surface area contributed by atoms with Crippen molar-refractivity contribution in [2.45, 2.75) is 64.3 Å². The molecule has 0 aliphatic rings. The second-order valence-corrected chi connectivity index (χ2v) is 4.23. The minimum absolute atomic E-state index is 0.0965. The topological polar surface area (TPSA) is 63.3 Å². The molecule has 0 aromatic rings. The Hall–Kier alpha value is -0.830. The molecule has 0 aliphatic heterocycles. The van der Waals surface area contributed by atoms with Crippen LogP contribution >= 0.6 is 0 Å². The van der Waals surface area contributed by atoms with Gasteiger partial charge in [0.25, 0.3) is 0 Å². The van der Waals surface area contributed by atoms with Gasteiger partial charge in [0.2, 0.25) is 0 Å². The van der Waals surface area contributed by atoms with Crippen LogP contribution in [-0.2, 0) is 4.79 Å². The maximum absolute atomic E-state index is 10.4. The van der Waals surface area contributed by atoms with Crippen molar-refractivity contribution >= 4 is 5.97 Å². The Kier molecular flexibility index (Phi) is 10.1. The first-order valence-electron chi connectivity index (χ1n) is 6.29. The highest BCUT2D eigenvalue weighted by molar-refractivity contribution is 5.67. The van der Waals surface area contributed by atoms with Crippen LogP contribution in [0.3, 0.4) is 0 Å². The minimum Gasteiger partial charge on any atom is -0.481 e. The highest BCUT2D eigenvalue weighted by Gasteiger charge is 2.06. The lowest BCUT2D eigenvalue weighted by molar-refractivity contribution is -0.137. The van der Waals surface area contributed by atoms with Gasteiger partial charge in [-0.1, -0.05) is 38.3 Å². The van der Waals surface area contributed by atoms with Crippen molar-refractivity contribution in [3.63, 3.8) is 0 Å². The summed E-state index contributed by atoms with van der Waals surface area (Å²) in [7, 11) is 0. The lowest BCUT2D eigenvalue weighted by Crippen LogP contribution is -2.23. The number of carboxylic acids is 1. The summed E-state index contributed by atoms with van der Waals surface area (Å²) < 4.78 is 0. The van der Waals surface area contributed by atoms with Crippen molar-refractivity contribution in [2.24, 2.45) is 5.73 Å². The largest absolute Gasteiger partial charge is 0.481 e. The smallest absolute Gasteiger partial charge is 0.304 e. The van der Waals surface area contributed by atoms with E-state index in [0.717, 1.165) is 32.1 Å².